The molecule has 3 rings (SSSR count). The number of anilines is 1. The van der Waals surface area contributed by atoms with Gasteiger partial charge in [0.1, 0.15) is 11.6 Å². The summed E-state index contributed by atoms with van der Waals surface area (Å²) in [4.78, 5) is 12.4. The molecule has 0 spiro atoms. The summed E-state index contributed by atoms with van der Waals surface area (Å²) in [6.07, 6.45) is 10.2. The summed E-state index contributed by atoms with van der Waals surface area (Å²) >= 11 is 0. The van der Waals surface area contributed by atoms with Gasteiger partial charge in [-0.05, 0) is 44.7 Å². The highest BCUT2D eigenvalue weighted by Gasteiger charge is 2.17. The van der Waals surface area contributed by atoms with Crippen molar-refractivity contribution in [3.8, 4) is 0 Å². The Hall–Kier alpha value is -2.17. The maximum Gasteiger partial charge on any atom is 0.224 e. The van der Waals surface area contributed by atoms with Crippen LogP contribution < -0.4 is 5.32 Å². The Morgan fingerprint density at radius 2 is 1.82 bits per heavy atom. The van der Waals surface area contributed by atoms with Crippen molar-refractivity contribution in [2.45, 2.75) is 85.1 Å². The van der Waals surface area contributed by atoms with Gasteiger partial charge < -0.3 is 9.88 Å². The molecule has 1 saturated carbocycles. The highest BCUT2D eigenvalue weighted by Crippen LogP contribution is 2.27. The van der Waals surface area contributed by atoms with Gasteiger partial charge in [0.05, 0.1) is 0 Å². The first kappa shape index (κ1) is 20.6. The first-order chi connectivity index (χ1) is 13.6. The molecular weight excluding hydrogens is 348 g/mol. The average Bonchev–Trinajstić information content (AvgIpc) is 3.09. The number of aromatic nitrogens is 3. The molecule has 0 radical (unpaired) electrons. The Morgan fingerprint density at radius 3 is 2.50 bits per heavy atom. The summed E-state index contributed by atoms with van der Waals surface area (Å²) in [6.45, 7) is 7.07. The number of benzene rings is 1. The molecule has 0 bridgehead atoms. The molecule has 1 amide bonds. The molecule has 1 aromatic carbocycles. The highest BCUT2D eigenvalue weighted by atomic mass is 16.1. The molecule has 0 aliphatic heterocycles. The van der Waals surface area contributed by atoms with Crippen LogP contribution in [-0.4, -0.2) is 20.7 Å². The van der Waals surface area contributed by atoms with E-state index in [1.165, 1.54) is 44.1 Å². The molecule has 1 N–H and O–H groups in total. The van der Waals surface area contributed by atoms with Gasteiger partial charge in [0, 0.05) is 31.5 Å². The van der Waals surface area contributed by atoms with E-state index in [9.17, 15) is 4.79 Å². The minimum Gasteiger partial charge on any atom is -0.326 e. The van der Waals surface area contributed by atoms with Crippen molar-refractivity contribution in [3.63, 3.8) is 0 Å². The molecule has 152 valence electrons. The first-order valence-electron chi connectivity index (χ1n) is 10.8. The fourth-order valence-electron chi connectivity index (χ4n) is 4.31. The second-order valence-electron chi connectivity index (χ2n) is 8.19. The molecule has 0 atom stereocenters. The molecule has 0 unspecified atom stereocenters. The van der Waals surface area contributed by atoms with Crippen LogP contribution in [0.3, 0.4) is 0 Å². The first-order valence-corrected chi connectivity index (χ1v) is 10.8. The molecular formula is C23H34N4O. The number of aryl methyl sites for hydroxylation is 4. The zero-order chi connectivity index (χ0) is 19.9. The average molecular weight is 383 g/mol. The van der Waals surface area contributed by atoms with Gasteiger partial charge in [0.25, 0.3) is 0 Å². The van der Waals surface area contributed by atoms with Gasteiger partial charge in [-0.3, -0.25) is 4.79 Å². The van der Waals surface area contributed by atoms with E-state index in [0.29, 0.717) is 12.8 Å². The number of rotatable bonds is 8. The van der Waals surface area contributed by atoms with Crippen LogP contribution in [0.25, 0.3) is 0 Å². The predicted octanol–water partition coefficient (Wildman–Crippen LogP) is 5.00. The summed E-state index contributed by atoms with van der Waals surface area (Å²) in [7, 11) is 0. The van der Waals surface area contributed by atoms with Crippen LogP contribution in [0.5, 0.6) is 0 Å². The predicted molar refractivity (Wildman–Crippen MR) is 113 cm³/mol. The molecule has 5 nitrogen and oxygen atoms in total. The summed E-state index contributed by atoms with van der Waals surface area (Å²) < 4.78 is 2.20. The smallest absolute Gasteiger partial charge is 0.224 e. The number of carbonyl (C=O) groups is 1. The fraction of sp³-hybridized carbons (Fsp3) is 0.609. The third-order valence-electron chi connectivity index (χ3n) is 5.95. The Bertz CT molecular complexity index is 790. The van der Waals surface area contributed by atoms with Gasteiger partial charge in [-0.15, -0.1) is 10.2 Å². The zero-order valence-electron chi connectivity index (χ0n) is 17.6. The Labute approximate surface area is 168 Å². The zero-order valence-corrected chi connectivity index (χ0v) is 17.6. The molecule has 1 aromatic heterocycles. The summed E-state index contributed by atoms with van der Waals surface area (Å²) in [5.41, 5.74) is 3.18. The third-order valence-corrected chi connectivity index (χ3v) is 5.95. The van der Waals surface area contributed by atoms with E-state index < -0.39 is 0 Å². The van der Waals surface area contributed by atoms with Crippen molar-refractivity contribution in [1.29, 1.82) is 0 Å². The Morgan fingerprint density at radius 1 is 1.11 bits per heavy atom. The Balaban J connectivity index is 1.53. The van der Waals surface area contributed by atoms with Gasteiger partial charge in [-0.1, -0.05) is 49.8 Å². The van der Waals surface area contributed by atoms with Crippen molar-refractivity contribution in [1.82, 2.24) is 14.8 Å². The van der Waals surface area contributed by atoms with Gasteiger partial charge >= 0.3 is 0 Å². The minimum absolute atomic E-state index is 0.0290. The fourth-order valence-corrected chi connectivity index (χ4v) is 4.31. The molecule has 28 heavy (non-hydrogen) atoms. The molecule has 1 aliphatic carbocycles. The second-order valence-corrected chi connectivity index (χ2v) is 8.19. The van der Waals surface area contributed by atoms with Crippen molar-refractivity contribution in [3.05, 3.63) is 41.0 Å². The van der Waals surface area contributed by atoms with Gasteiger partial charge in [0.2, 0.25) is 5.91 Å². The van der Waals surface area contributed by atoms with Crippen LogP contribution in [0, 0.1) is 19.8 Å². The maximum absolute atomic E-state index is 12.4. The van der Waals surface area contributed by atoms with Gasteiger partial charge in [-0.25, -0.2) is 0 Å². The summed E-state index contributed by atoms with van der Waals surface area (Å²) in [5.74, 6) is 2.89. The van der Waals surface area contributed by atoms with E-state index in [-0.39, 0.29) is 5.91 Å². The van der Waals surface area contributed by atoms with Crippen molar-refractivity contribution in [2.24, 2.45) is 5.92 Å². The van der Waals surface area contributed by atoms with Crippen molar-refractivity contribution >= 4 is 11.6 Å². The van der Waals surface area contributed by atoms with Crippen LogP contribution in [0.2, 0.25) is 0 Å². The van der Waals surface area contributed by atoms with Gasteiger partial charge in [0.15, 0.2) is 0 Å². The number of hydrogen-bond acceptors (Lipinski definition) is 3. The topological polar surface area (TPSA) is 59.8 Å². The minimum atomic E-state index is 0.0290. The van der Waals surface area contributed by atoms with Crippen molar-refractivity contribution < 1.29 is 4.79 Å². The van der Waals surface area contributed by atoms with Crippen LogP contribution in [0.1, 0.15) is 74.6 Å². The van der Waals surface area contributed by atoms with E-state index >= 15 is 0 Å². The second kappa shape index (κ2) is 9.85. The van der Waals surface area contributed by atoms with Crippen molar-refractivity contribution in [2.75, 3.05) is 5.32 Å². The standard InChI is InChI=1S/C23H34N4O/c1-4-27-21(13-11-19-8-6-5-7-9-19)25-26-22(27)14-15-23(28)24-20-12-10-17(2)16-18(20)3/h10,12,16,19H,4-9,11,13-15H2,1-3H3,(H,24,28). The maximum atomic E-state index is 12.4. The number of nitrogens with zero attached hydrogens (tertiary/aromatic N) is 3. The summed E-state index contributed by atoms with van der Waals surface area (Å²) in [5, 5.41) is 11.9. The number of amides is 1. The van der Waals surface area contributed by atoms with Crippen LogP contribution in [0.15, 0.2) is 18.2 Å². The third kappa shape index (κ3) is 5.43. The highest BCUT2D eigenvalue weighted by molar-refractivity contribution is 5.91. The molecule has 1 heterocycles. The molecule has 0 saturated heterocycles. The molecule has 2 aromatic rings. The monoisotopic (exact) mass is 382 g/mol. The molecule has 1 aliphatic rings. The van der Waals surface area contributed by atoms with Gasteiger partial charge in [-0.2, -0.15) is 0 Å². The van der Waals surface area contributed by atoms with E-state index in [4.69, 9.17) is 0 Å². The lowest BCUT2D eigenvalue weighted by Crippen LogP contribution is -2.15. The van der Waals surface area contributed by atoms with E-state index in [1.54, 1.807) is 0 Å². The number of nitrogens with one attached hydrogen (secondary N) is 1. The van der Waals surface area contributed by atoms with Crippen LogP contribution >= 0.6 is 0 Å². The number of hydrogen-bond donors (Lipinski definition) is 1. The lowest BCUT2D eigenvalue weighted by Gasteiger charge is -2.21. The van der Waals surface area contributed by atoms with Crippen LogP contribution in [0.4, 0.5) is 5.69 Å². The van der Waals surface area contributed by atoms with E-state index in [1.807, 2.05) is 19.1 Å². The van der Waals surface area contributed by atoms with Crippen LogP contribution in [-0.2, 0) is 24.2 Å². The lowest BCUT2D eigenvalue weighted by molar-refractivity contribution is -0.116. The summed E-state index contributed by atoms with van der Waals surface area (Å²) in [6, 6.07) is 6.08. The Kier molecular flexibility index (Phi) is 7.24. The van der Waals surface area contributed by atoms with E-state index in [2.05, 4.69) is 40.0 Å². The lowest BCUT2D eigenvalue weighted by atomic mass is 9.86. The van der Waals surface area contributed by atoms with E-state index in [0.717, 1.165) is 41.8 Å². The number of carbonyl (C=O) groups excluding carboxylic acids is 1. The SMILES string of the molecule is CCn1c(CCC(=O)Nc2ccc(C)cc2C)nnc1CCC1CCCCC1. The normalized spacial score (nSPS) is 15.0. The molecule has 5 heteroatoms. The molecule has 1 fully saturated rings. The quantitative estimate of drug-likeness (QED) is 0.699. The largest absolute Gasteiger partial charge is 0.326 e.